The highest BCUT2D eigenvalue weighted by Crippen LogP contribution is 2.43. The molecule has 3 aromatic rings. The lowest BCUT2D eigenvalue weighted by Crippen LogP contribution is -2.54. The molecule has 0 aromatic heterocycles. The Morgan fingerprint density at radius 3 is 2.62 bits per heavy atom. The number of hydrogen-bond donors (Lipinski definition) is 2. The molecule has 0 bridgehead atoms. The lowest BCUT2D eigenvalue weighted by atomic mass is 9.92. The van der Waals surface area contributed by atoms with Gasteiger partial charge in [0, 0.05) is 30.6 Å². The summed E-state index contributed by atoms with van der Waals surface area (Å²) in [7, 11) is 1.51. The number of nitrogens with zero attached hydrogens (tertiary/aromatic N) is 1. The van der Waals surface area contributed by atoms with Gasteiger partial charge in [0.1, 0.15) is 11.6 Å². The zero-order valence-electron chi connectivity index (χ0n) is 22.2. The van der Waals surface area contributed by atoms with Crippen LogP contribution in [0.1, 0.15) is 52.8 Å². The summed E-state index contributed by atoms with van der Waals surface area (Å²) in [6, 6.07) is 18.0. The molecule has 0 radical (unpaired) electrons. The predicted octanol–water partition coefficient (Wildman–Crippen LogP) is 5.23. The van der Waals surface area contributed by atoms with Crippen LogP contribution >= 0.6 is 11.6 Å². The topological polar surface area (TPSA) is 87.7 Å². The third-order valence-electron chi connectivity index (χ3n) is 7.91. The second-order valence-electron chi connectivity index (χ2n) is 10.3. The molecule has 208 valence electrons. The number of benzene rings is 3. The number of carbonyl (C=O) groups excluding carboxylic acids is 3. The second-order valence-corrected chi connectivity index (χ2v) is 10.7. The van der Waals surface area contributed by atoms with E-state index < -0.39 is 11.4 Å². The zero-order chi connectivity index (χ0) is 28.3. The molecule has 7 nitrogen and oxygen atoms in total. The van der Waals surface area contributed by atoms with Crippen LogP contribution in [0.4, 0.5) is 4.39 Å². The van der Waals surface area contributed by atoms with Crippen molar-refractivity contribution in [3.8, 4) is 16.9 Å². The van der Waals surface area contributed by atoms with Crippen LogP contribution in [-0.2, 0) is 4.79 Å². The van der Waals surface area contributed by atoms with E-state index in [9.17, 15) is 18.8 Å². The van der Waals surface area contributed by atoms with Crippen LogP contribution < -0.4 is 15.4 Å². The number of carbonyl (C=O) groups is 3. The lowest BCUT2D eigenvalue weighted by molar-refractivity contribution is -0.123. The summed E-state index contributed by atoms with van der Waals surface area (Å²) in [4.78, 5) is 40.6. The van der Waals surface area contributed by atoms with Gasteiger partial charge in [-0.25, -0.2) is 4.39 Å². The van der Waals surface area contributed by atoms with E-state index in [1.165, 1.54) is 19.2 Å². The quantitative estimate of drug-likeness (QED) is 0.393. The smallest absolute Gasteiger partial charge is 0.255 e. The highest BCUT2D eigenvalue weighted by Gasteiger charge is 2.52. The molecule has 40 heavy (non-hydrogen) atoms. The third kappa shape index (κ3) is 5.54. The summed E-state index contributed by atoms with van der Waals surface area (Å²) in [6.45, 7) is 0.728. The summed E-state index contributed by atoms with van der Waals surface area (Å²) in [6.07, 6.45) is 3.27. The molecule has 2 aliphatic rings. The van der Waals surface area contributed by atoms with Gasteiger partial charge >= 0.3 is 0 Å². The van der Waals surface area contributed by atoms with E-state index in [-0.39, 0.29) is 41.8 Å². The molecule has 5 rings (SSSR count). The molecule has 2 atom stereocenters. The minimum atomic E-state index is -0.489. The fraction of sp³-hybridized carbons (Fsp3) is 0.323. The number of hydrogen-bond acceptors (Lipinski definition) is 4. The number of rotatable bonds is 8. The molecule has 2 fully saturated rings. The van der Waals surface area contributed by atoms with Gasteiger partial charge in [0.15, 0.2) is 0 Å². The van der Waals surface area contributed by atoms with E-state index in [1.54, 1.807) is 48.5 Å². The Kier molecular flexibility index (Phi) is 8.07. The van der Waals surface area contributed by atoms with E-state index in [0.29, 0.717) is 41.0 Å². The number of amides is 3. The number of halogens is 2. The van der Waals surface area contributed by atoms with Crippen molar-refractivity contribution in [2.45, 2.75) is 43.7 Å². The van der Waals surface area contributed by atoms with Crippen molar-refractivity contribution in [2.75, 3.05) is 20.2 Å². The predicted molar refractivity (Wildman–Crippen MR) is 151 cm³/mol. The first-order chi connectivity index (χ1) is 19.3. The summed E-state index contributed by atoms with van der Waals surface area (Å²) < 4.78 is 19.3. The van der Waals surface area contributed by atoms with Gasteiger partial charge < -0.3 is 20.3 Å². The molecule has 1 saturated carbocycles. The first kappa shape index (κ1) is 27.6. The number of nitrogens with one attached hydrogen (secondary N) is 2. The summed E-state index contributed by atoms with van der Waals surface area (Å²) in [5, 5.41) is 6.25. The number of methoxy groups -OCH3 is 1. The first-order valence-corrected chi connectivity index (χ1v) is 13.8. The normalized spacial score (nSPS) is 19.7. The van der Waals surface area contributed by atoms with Crippen LogP contribution in [0.5, 0.6) is 5.75 Å². The van der Waals surface area contributed by atoms with Crippen molar-refractivity contribution >= 4 is 29.3 Å². The van der Waals surface area contributed by atoms with Crippen LogP contribution in [0.2, 0.25) is 5.02 Å². The minimum absolute atomic E-state index is 0.137. The molecule has 1 heterocycles. The van der Waals surface area contributed by atoms with Crippen molar-refractivity contribution < 1.29 is 23.5 Å². The van der Waals surface area contributed by atoms with Crippen molar-refractivity contribution in [1.29, 1.82) is 0 Å². The first-order valence-electron chi connectivity index (χ1n) is 13.4. The highest BCUT2D eigenvalue weighted by molar-refractivity contribution is 6.34. The maximum atomic E-state index is 13.9. The van der Waals surface area contributed by atoms with Crippen LogP contribution in [-0.4, -0.2) is 54.4 Å². The average Bonchev–Trinajstić information content (AvgIpc) is 3.51. The molecule has 3 amide bonds. The molecule has 1 saturated heterocycles. The fourth-order valence-electron chi connectivity index (χ4n) is 5.96. The molecular weight excluding hydrogens is 533 g/mol. The average molecular weight is 564 g/mol. The van der Waals surface area contributed by atoms with Crippen LogP contribution in [0.25, 0.3) is 11.1 Å². The van der Waals surface area contributed by atoms with Gasteiger partial charge in [-0.2, -0.15) is 0 Å². The third-order valence-corrected chi connectivity index (χ3v) is 8.22. The van der Waals surface area contributed by atoms with Crippen LogP contribution in [0, 0.1) is 5.82 Å². The van der Waals surface area contributed by atoms with Gasteiger partial charge in [-0.05, 0) is 73.7 Å². The van der Waals surface area contributed by atoms with Gasteiger partial charge in [-0.3, -0.25) is 14.4 Å². The molecular formula is C31H31ClFN3O4. The van der Waals surface area contributed by atoms with Gasteiger partial charge in [-0.1, -0.05) is 35.9 Å². The molecule has 3 aromatic carbocycles. The molecule has 1 aliphatic carbocycles. The second kappa shape index (κ2) is 11.7. The van der Waals surface area contributed by atoms with Gasteiger partial charge in [0.25, 0.3) is 11.8 Å². The Morgan fingerprint density at radius 2 is 1.88 bits per heavy atom. The van der Waals surface area contributed by atoms with E-state index >= 15 is 0 Å². The Bertz CT molecular complexity index is 1430. The summed E-state index contributed by atoms with van der Waals surface area (Å²) >= 11 is 6.59. The van der Waals surface area contributed by atoms with Gasteiger partial charge in [-0.15, -0.1) is 0 Å². The lowest BCUT2D eigenvalue weighted by Gasteiger charge is -2.33. The fourth-order valence-corrected chi connectivity index (χ4v) is 6.23. The Labute approximate surface area is 237 Å². The number of ether oxygens (including phenoxy) is 1. The zero-order valence-corrected chi connectivity index (χ0v) is 23.0. The highest BCUT2D eigenvalue weighted by atomic mass is 35.5. The monoisotopic (exact) mass is 563 g/mol. The van der Waals surface area contributed by atoms with E-state index in [1.807, 2.05) is 11.0 Å². The van der Waals surface area contributed by atoms with Crippen LogP contribution in [0.15, 0.2) is 66.7 Å². The number of fused-ring (bicyclic) bond motifs is 1. The Hall–Kier alpha value is -3.91. The van der Waals surface area contributed by atoms with Crippen molar-refractivity contribution in [3.63, 3.8) is 0 Å². The van der Waals surface area contributed by atoms with Crippen molar-refractivity contribution in [3.05, 3.63) is 88.7 Å². The maximum Gasteiger partial charge on any atom is 0.255 e. The van der Waals surface area contributed by atoms with Crippen molar-refractivity contribution in [2.24, 2.45) is 0 Å². The van der Waals surface area contributed by atoms with Crippen LogP contribution in [0.3, 0.4) is 0 Å². The summed E-state index contributed by atoms with van der Waals surface area (Å²) in [5.74, 6) is -0.465. The summed E-state index contributed by atoms with van der Waals surface area (Å²) in [5.41, 5.74) is 1.60. The molecule has 9 heteroatoms. The van der Waals surface area contributed by atoms with Crippen molar-refractivity contribution in [1.82, 2.24) is 15.5 Å². The minimum Gasteiger partial charge on any atom is -0.496 e. The van der Waals surface area contributed by atoms with E-state index in [2.05, 4.69) is 10.6 Å². The molecule has 0 spiro atoms. The van der Waals surface area contributed by atoms with E-state index in [4.69, 9.17) is 16.3 Å². The molecule has 0 unspecified atom stereocenters. The maximum absolute atomic E-state index is 13.9. The standard InChI is InChI=1S/C31H31ClFN3O4/c1-40-26-12-10-22(33)19-24(26)21-9-11-23(25(32)18-21)30(39)36-17-15-31(14-5-8-27(31)36)35-28(37)13-16-34-29(38)20-6-3-2-4-7-20/h2-4,6-7,9-12,18-19,27H,5,8,13-17H2,1H3,(H,34,38)(H,35,37)/t27-,31+/m0/s1. The van der Waals surface area contributed by atoms with E-state index in [0.717, 1.165) is 19.3 Å². The largest absolute Gasteiger partial charge is 0.496 e. The SMILES string of the molecule is COc1ccc(F)cc1-c1ccc(C(=O)N2CC[C@]3(NC(=O)CCNC(=O)c4ccccc4)CCC[C@H]23)c(Cl)c1. The Morgan fingerprint density at radius 1 is 1.07 bits per heavy atom. The van der Waals surface area contributed by atoms with Gasteiger partial charge in [0.2, 0.25) is 5.91 Å². The number of likely N-dealkylation sites (tertiary alicyclic amines) is 1. The molecule has 1 aliphatic heterocycles. The Balaban J connectivity index is 1.24. The van der Waals surface area contributed by atoms with Gasteiger partial charge in [0.05, 0.1) is 29.3 Å². The molecule has 2 N–H and O–H groups in total.